The van der Waals surface area contributed by atoms with E-state index in [4.69, 9.17) is 14.9 Å². The maximum absolute atomic E-state index is 13.4. The van der Waals surface area contributed by atoms with Crippen molar-refractivity contribution >= 4 is 17.4 Å². The van der Waals surface area contributed by atoms with Crippen LogP contribution in [0.15, 0.2) is 114 Å². The Bertz CT molecular complexity index is 1770. The van der Waals surface area contributed by atoms with Crippen LogP contribution >= 0.6 is 0 Å². The molecule has 0 spiro atoms. The standard InChI is InChI=1S/C38H37N3O4/c1-24(26-17-19-29(20-18-26)44-22-21-33-25(2)45-38(41-33)28-13-7-4-8-14-28)35(31-23-32(31)37(39)43)40-34-16-10-9-15-30(34)36(42)27-11-5-3-6-12-27/h3-20,24,31-32,35,40H,21-23H2,1-2H3,(H2,39,43)/t24?,31?,32?,35-/m1/s1. The molecular weight excluding hydrogens is 562 g/mol. The van der Waals surface area contributed by atoms with Gasteiger partial charge < -0.3 is 20.2 Å². The summed E-state index contributed by atoms with van der Waals surface area (Å²) in [4.78, 5) is 30.2. The van der Waals surface area contributed by atoms with Crippen LogP contribution in [0.5, 0.6) is 5.75 Å². The number of rotatable bonds is 13. The number of carbonyl (C=O) groups excluding carboxylic acids is 2. The molecule has 0 radical (unpaired) electrons. The van der Waals surface area contributed by atoms with Crippen molar-refractivity contribution < 1.29 is 18.7 Å². The predicted octanol–water partition coefficient (Wildman–Crippen LogP) is 7.21. The summed E-state index contributed by atoms with van der Waals surface area (Å²) >= 11 is 0. The number of oxazole rings is 1. The number of benzene rings is 4. The second-order valence-electron chi connectivity index (χ2n) is 11.7. The van der Waals surface area contributed by atoms with Gasteiger partial charge in [0, 0.05) is 46.7 Å². The van der Waals surface area contributed by atoms with E-state index in [1.165, 1.54) is 0 Å². The van der Waals surface area contributed by atoms with Crippen LogP contribution in [-0.4, -0.2) is 29.3 Å². The van der Waals surface area contributed by atoms with E-state index in [2.05, 4.69) is 29.4 Å². The van der Waals surface area contributed by atoms with Crippen molar-refractivity contribution in [3.05, 3.63) is 137 Å². The number of aryl methyl sites for hydroxylation is 1. The van der Waals surface area contributed by atoms with Crippen LogP contribution in [0, 0.1) is 18.8 Å². The van der Waals surface area contributed by atoms with Gasteiger partial charge in [-0.2, -0.15) is 0 Å². The SMILES string of the molecule is Cc1oc(-c2ccccc2)nc1CCOc1ccc(C(C)[C@@H](Nc2ccccc2C(=O)c2ccccc2)C2CC2C(N)=O)cc1. The number of ketones is 1. The molecule has 7 nitrogen and oxygen atoms in total. The summed E-state index contributed by atoms with van der Waals surface area (Å²) in [5.74, 6) is 1.75. The Labute approximate surface area is 263 Å². The third-order valence-corrected chi connectivity index (χ3v) is 8.66. The van der Waals surface area contributed by atoms with Gasteiger partial charge in [-0.15, -0.1) is 0 Å². The average molecular weight is 600 g/mol. The third kappa shape index (κ3) is 6.83. The normalized spacial score (nSPS) is 16.8. The number of primary amides is 1. The lowest BCUT2D eigenvalue weighted by atomic mass is 9.88. The van der Waals surface area contributed by atoms with E-state index in [0.717, 1.165) is 40.4 Å². The number of amides is 1. The fraction of sp³-hybridized carbons (Fsp3) is 0.237. The average Bonchev–Trinajstić information content (AvgIpc) is 3.80. The zero-order valence-electron chi connectivity index (χ0n) is 25.5. The number of aromatic nitrogens is 1. The van der Waals surface area contributed by atoms with Crippen molar-refractivity contribution in [3.63, 3.8) is 0 Å². The molecule has 1 fully saturated rings. The van der Waals surface area contributed by atoms with Gasteiger partial charge >= 0.3 is 0 Å². The van der Waals surface area contributed by atoms with Crippen LogP contribution < -0.4 is 15.8 Å². The Balaban J connectivity index is 1.14. The minimum absolute atomic E-state index is 0.0301. The Morgan fingerprint density at radius 1 is 0.933 bits per heavy atom. The highest BCUT2D eigenvalue weighted by Gasteiger charge is 2.48. The first-order valence-corrected chi connectivity index (χ1v) is 15.4. The lowest BCUT2D eigenvalue weighted by molar-refractivity contribution is -0.119. The molecule has 4 aromatic carbocycles. The number of nitrogens with zero attached hydrogens (tertiary/aromatic N) is 1. The largest absolute Gasteiger partial charge is 0.493 e. The summed E-state index contributed by atoms with van der Waals surface area (Å²) < 4.78 is 11.9. The molecule has 3 unspecified atom stereocenters. The molecule has 1 aromatic heterocycles. The quantitative estimate of drug-likeness (QED) is 0.139. The highest BCUT2D eigenvalue weighted by Crippen LogP contribution is 2.46. The van der Waals surface area contributed by atoms with Gasteiger partial charge in [-0.05, 0) is 61.2 Å². The zero-order valence-corrected chi connectivity index (χ0v) is 25.5. The number of nitrogens with two attached hydrogens (primary N) is 1. The number of ether oxygens (including phenoxy) is 1. The molecule has 1 aliphatic rings. The number of carbonyl (C=O) groups is 2. The van der Waals surface area contributed by atoms with Crippen molar-refractivity contribution in [3.8, 4) is 17.2 Å². The molecule has 1 amide bonds. The van der Waals surface area contributed by atoms with Crippen LogP contribution in [0.3, 0.4) is 0 Å². The van der Waals surface area contributed by atoms with E-state index in [0.29, 0.717) is 30.0 Å². The van der Waals surface area contributed by atoms with Gasteiger partial charge in [-0.3, -0.25) is 9.59 Å². The molecule has 1 saturated carbocycles. The van der Waals surface area contributed by atoms with E-state index in [1.807, 2.05) is 104 Å². The molecule has 228 valence electrons. The molecule has 3 N–H and O–H groups in total. The van der Waals surface area contributed by atoms with Crippen molar-refractivity contribution in [2.45, 2.75) is 38.6 Å². The van der Waals surface area contributed by atoms with Gasteiger partial charge in [0.2, 0.25) is 11.8 Å². The Morgan fingerprint density at radius 2 is 1.60 bits per heavy atom. The Morgan fingerprint density at radius 3 is 2.29 bits per heavy atom. The minimum Gasteiger partial charge on any atom is -0.493 e. The highest BCUT2D eigenvalue weighted by atomic mass is 16.5. The molecular formula is C38H37N3O4. The second kappa shape index (κ2) is 13.2. The maximum Gasteiger partial charge on any atom is 0.226 e. The summed E-state index contributed by atoms with van der Waals surface area (Å²) in [6, 6.07) is 34.6. The van der Waals surface area contributed by atoms with Crippen molar-refractivity contribution in [2.24, 2.45) is 17.6 Å². The van der Waals surface area contributed by atoms with E-state index >= 15 is 0 Å². The van der Waals surface area contributed by atoms with Gasteiger partial charge in [-0.1, -0.05) is 79.7 Å². The zero-order chi connectivity index (χ0) is 31.3. The molecule has 1 aliphatic carbocycles. The molecule has 0 bridgehead atoms. The number of anilines is 1. The molecule has 5 aromatic rings. The Kier molecular flexibility index (Phi) is 8.78. The summed E-state index contributed by atoms with van der Waals surface area (Å²) in [5, 5.41) is 3.65. The van der Waals surface area contributed by atoms with Gasteiger partial charge in [-0.25, -0.2) is 4.98 Å². The van der Waals surface area contributed by atoms with Crippen LogP contribution in [0.2, 0.25) is 0 Å². The number of nitrogens with one attached hydrogen (secondary N) is 1. The summed E-state index contributed by atoms with van der Waals surface area (Å²) in [6.45, 7) is 4.53. The van der Waals surface area contributed by atoms with Crippen molar-refractivity contribution in [1.82, 2.24) is 4.98 Å². The fourth-order valence-electron chi connectivity index (χ4n) is 5.98. The smallest absolute Gasteiger partial charge is 0.226 e. The molecule has 0 aliphatic heterocycles. The lowest BCUT2D eigenvalue weighted by Crippen LogP contribution is -2.31. The predicted molar refractivity (Wildman–Crippen MR) is 175 cm³/mol. The van der Waals surface area contributed by atoms with E-state index in [1.54, 1.807) is 0 Å². The molecule has 0 saturated heterocycles. The maximum atomic E-state index is 13.4. The van der Waals surface area contributed by atoms with E-state index in [-0.39, 0.29) is 35.5 Å². The highest BCUT2D eigenvalue weighted by molar-refractivity contribution is 6.12. The summed E-state index contributed by atoms with van der Waals surface area (Å²) in [5.41, 5.74) is 10.6. The van der Waals surface area contributed by atoms with E-state index < -0.39 is 0 Å². The number of hydrogen-bond acceptors (Lipinski definition) is 6. The first kappa shape index (κ1) is 29.9. The second-order valence-corrected chi connectivity index (χ2v) is 11.7. The monoisotopic (exact) mass is 599 g/mol. The lowest BCUT2D eigenvalue weighted by Gasteiger charge is -2.28. The van der Waals surface area contributed by atoms with Crippen LogP contribution in [0.1, 0.15) is 52.2 Å². The van der Waals surface area contributed by atoms with Gasteiger partial charge in [0.25, 0.3) is 0 Å². The van der Waals surface area contributed by atoms with Crippen LogP contribution in [0.25, 0.3) is 11.5 Å². The molecule has 45 heavy (non-hydrogen) atoms. The number of hydrogen-bond donors (Lipinski definition) is 2. The first-order chi connectivity index (χ1) is 21.9. The first-order valence-electron chi connectivity index (χ1n) is 15.4. The van der Waals surface area contributed by atoms with Crippen LogP contribution in [0.4, 0.5) is 5.69 Å². The minimum atomic E-state index is -0.283. The van der Waals surface area contributed by atoms with Crippen molar-refractivity contribution in [1.29, 1.82) is 0 Å². The molecule has 7 heteroatoms. The van der Waals surface area contributed by atoms with Gasteiger partial charge in [0.15, 0.2) is 5.78 Å². The third-order valence-electron chi connectivity index (χ3n) is 8.66. The molecule has 1 heterocycles. The van der Waals surface area contributed by atoms with E-state index in [9.17, 15) is 9.59 Å². The Hall–Kier alpha value is -5.17. The summed E-state index contributed by atoms with van der Waals surface area (Å²) in [7, 11) is 0. The van der Waals surface area contributed by atoms with Crippen LogP contribution in [-0.2, 0) is 11.2 Å². The summed E-state index contributed by atoms with van der Waals surface area (Å²) in [6.07, 6.45) is 1.35. The topological polar surface area (TPSA) is 107 Å². The van der Waals surface area contributed by atoms with Gasteiger partial charge in [0.05, 0.1) is 12.3 Å². The van der Waals surface area contributed by atoms with Crippen molar-refractivity contribution in [2.75, 3.05) is 11.9 Å². The fourth-order valence-corrected chi connectivity index (χ4v) is 5.98. The molecule has 6 rings (SSSR count). The number of para-hydroxylation sites is 1. The molecule has 4 atom stereocenters. The van der Waals surface area contributed by atoms with Gasteiger partial charge in [0.1, 0.15) is 11.5 Å².